The van der Waals surface area contributed by atoms with Crippen LogP contribution in [0.1, 0.15) is 56.9 Å². The Morgan fingerprint density at radius 1 is 1.36 bits per heavy atom. The van der Waals surface area contributed by atoms with E-state index in [0.717, 1.165) is 29.9 Å². The van der Waals surface area contributed by atoms with Gasteiger partial charge in [-0.2, -0.15) is 0 Å². The largest absolute Gasteiger partial charge is 0.361 e. The lowest BCUT2D eigenvalue weighted by Crippen LogP contribution is -2.41. The van der Waals surface area contributed by atoms with Gasteiger partial charge >= 0.3 is 0 Å². The zero-order valence-electron chi connectivity index (χ0n) is 14.8. The molecule has 2 N–H and O–H groups in total. The number of hydrogen-bond acceptors (Lipinski definition) is 5. The second-order valence-corrected chi connectivity index (χ2v) is 7.85. The molecule has 0 fully saturated rings. The number of aryl methyl sites for hydroxylation is 3. The van der Waals surface area contributed by atoms with E-state index < -0.39 is 0 Å². The molecule has 2 aromatic heterocycles. The van der Waals surface area contributed by atoms with Crippen molar-refractivity contribution in [1.82, 2.24) is 16.0 Å². The highest BCUT2D eigenvalue weighted by atomic mass is 32.1. The summed E-state index contributed by atoms with van der Waals surface area (Å²) in [4.78, 5) is 26.2. The minimum atomic E-state index is -0.252. The Labute approximate surface area is 150 Å². The molecule has 1 atom stereocenters. The Morgan fingerprint density at radius 3 is 2.88 bits per heavy atom. The summed E-state index contributed by atoms with van der Waals surface area (Å²) in [5.41, 5.74) is 8.02. The number of hydrogen-bond donors (Lipinski definition) is 2. The molecule has 0 saturated carbocycles. The third kappa shape index (κ3) is 4.10. The maximum Gasteiger partial charge on any atom is 0.279 e. The summed E-state index contributed by atoms with van der Waals surface area (Å²) >= 11 is 1.53. The van der Waals surface area contributed by atoms with Gasteiger partial charge in [0.25, 0.3) is 5.91 Å². The Bertz CT molecular complexity index is 774. The maximum absolute atomic E-state index is 12.2. The molecule has 0 saturated heterocycles. The van der Waals surface area contributed by atoms with Crippen LogP contribution in [0.2, 0.25) is 0 Å². The smallest absolute Gasteiger partial charge is 0.279 e. The molecule has 0 unspecified atom stereocenters. The first-order valence-electron chi connectivity index (χ1n) is 8.56. The number of hydrazine groups is 1. The average Bonchev–Trinajstić information content (AvgIpc) is 3.14. The summed E-state index contributed by atoms with van der Waals surface area (Å²) in [6.07, 6.45) is 4.05. The molecule has 134 valence electrons. The van der Waals surface area contributed by atoms with E-state index in [-0.39, 0.29) is 18.2 Å². The topological polar surface area (TPSA) is 84.2 Å². The Kier molecular flexibility index (Phi) is 5.22. The lowest BCUT2D eigenvalue weighted by molar-refractivity contribution is -0.121. The predicted octanol–water partition coefficient (Wildman–Crippen LogP) is 2.87. The summed E-state index contributed by atoms with van der Waals surface area (Å²) in [5.74, 6) is 0.913. The summed E-state index contributed by atoms with van der Waals surface area (Å²) < 4.78 is 5.08. The van der Waals surface area contributed by atoms with Gasteiger partial charge in [0, 0.05) is 16.9 Å². The highest BCUT2D eigenvalue weighted by Gasteiger charge is 2.21. The molecule has 2 heterocycles. The van der Waals surface area contributed by atoms with Crippen molar-refractivity contribution in [1.29, 1.82) is 0 Å². The molecule has 6 nitrogen and oxygen atoms in total. The summed E-state index contributed by atoms with van der Waals surface area (Å²) in [5, 5.41) is 3.87. The number of rotatable bonds is 4. The molecule has 7 heteroatoms. The van der Waals surface area contributed by atoms with Gasteiger partial charge in [-0.3, -0.25) is 20.4 Å². The molecule has 0 spiro atoms. The fourth-order valence-electron chi connectivity index (χ4n) is 3.17. The highest BCUT2D eigenvalue weighted by Crippen LogP contribution is 2.32. The number of nitrogens with zero attached hydrogens (tertiary/aromatic N) is 1. The first-order valence-corrected chi connectivity index (χ1v) is 9.38. The number of carbonyl (C=O) groups is 2. The molecule has 0 bridgehead atoms. The minimum absolute atomic E-state index is 0.233. The molecular formula is C18H23N3O3S. The molecule has 2 aromatic rings. The number of fused-ring (bicyclic) bond motifs is 1. The molecule has 25 heavy (non-hydrogen) atoms. The van der Waals surface area contributed by atoms with Crippen LogP contribution < -0.4 is 10.9 Å². The van der Waals surface area contributed by atoms with Gasteiger partial charge in [0.2, 0.25) is 5.91 Å². The zero-order chi connectivity index (χ0) is 18.0. The van der Waals surface area contributed by atoms with Crippen molar-refractivity contribution in [2.45, 2.75) is 52.9 Å². The Balaban J connectivity index is 1.50. The van der Waals surface area contributed by atoms with Gasteiger partial charge in [-0.15, -0.1) is 11.3 Å². The third-order valence-electron chi connectivity index (χ3n) is 4.65. The van der Waals surface area contributed by atoms with Gasteiger partial charge in [0.05, 0.1) is 10.6 Å². The van der Waals surface area contributed by atoms with Gasteiger partial charge in [-0.25, -0.2) is 0 Å². The standard InChI is InChI=1S/C18H23N3O3S/c1-10-4-6-15-13(8-10)9-16(25-15)18(23)20-19-17(22)7-5-14-11(2)21-24-12(14)3/h9-10H,4-8H2,1-3H3,(H,19,22)(H,20,23)/t10-/m1/s1. The van der Waals surface area contributed by atoms with Gasteiger partial charge in [-0.05, 0) is 57.1 Å². The van der Waals surface area contributed by atoms with Crippen LogP contribution in [-0.2, 0) is 24.1 Å². The van der Waals surface area contributed by atoms with Crippen molar-refractivity contribution in [3.63, 3.8) is 0 Å². The van der Waals surface area contributed by atoms with E-state index >= 15 is 0 Å². The van der Waals surface area contributed by atoms with Gasteiger partial charge in [0.1, 0.15) is 5.76 Å². The molecule has 2 amide bonds. The van der Waals surface area contributed by atoms with Crippen LogP contribution >= 0.6 is 11.3 Å². The van der Waals surface area contributed by atoms with Crippen molar-refractivity contribution < 1.29 is 14.1 Å². The highest BCUT2D eigenvalue weighted by molar-refractivity contribution is 7.14. The van der Waals surface area contributed by atoms with E-state index in [9.17, 15) is 9.59 Å². The van der Waals surface area contributed by atoms with Crippen LogP contribution in [0, 0.1) is 19.8 Å². The SMILES string of the molecule is Cc1noc(C)c1CCC(=O)NNC(=O)c1cc2c(s1)CC[C@@H](C)C2. The quantitative estimate of drug-likeness (QED) is 0.820. The van der Waals surface area contributed by atoms with Crippen LogP contribution in [0.5, 0.6) is 0 Å². The molecule has 1 aliphatic rings. The van der Waals surface area contributed by atoms with Crippen LogP contribution in [-0.4, -0.2) is 17.0 Å². The van der Waals surface area contributed by atoms with E-state index in [0.29, 0.717) is 17.2 Å². The first-order chi connectivity index (χ1) is 11.9. The fraction of sp³-hybridized carbons (Fsp3) is 0.500. The molecule has 1 aliphatic carbocycles. The lowest BCUT2D eigenvalue weighted by atomic mass is 9.90. The summed E-state index contributed by atoms with van der Waals surface area (Å²) in [6.45, 7) is 5.92. The molecule has 0 aromatic carbocycles. The number of aromatic nitrogens is 1. The van der Waals surface area contributed by atoms with E-state index in [4.69, 9.17) is 4.52 Å². The maximum atomic E-state index is 12.2. The van der Waals surface area contributed by atoms with Crippen LogP contribution in [0.15, 0.2) is 10.6 Å². The van der Waals surface area contributed by atoms with E-state index in [1.54, 1.807) is 0 Å². The Morgan fingerprint density at radius 2 is 2.16 bits per heavy atom. The van der Waals surface area contributed by atoms with Crippen LogP contribution in [0.4, 0.5) is 0 Å². The van der Waals surface area contributed by atoms with Crippen molar-refractivity contribution in [3.05, 3.63) is 38.4 Å². The number of amides is 2. The predicted molar refractivity (Wildman–Crippen MR) is 95.4 cm³/mol. The number of thiophene rings is 1. The number of carbonyl (C=O) groups excluding carboxylic acids is 2. The fourth-order valence-corrected chi connectivity index (χ4v) is 4.27. The van der Waals surface area contributed by atoms with Crippen molar-refractivity contribution >= 4 is 23.2 Å². The van der Waals surface area contributed by atoms with Crippen molar-refractivity contribution in [2.24, 2.45) is 5.92 Å². The van der Waals surface area contributed by atoms with Crippen molar-refractivity contribution in [3.8, 4) is 0 Å². The molecular weight excluding hydrogens is 338 g/mol. The van der Waals surface area contributed by atoms with Gasteiger partial charge in [0.15, 0.2) is 0 Å². The second-order valence-electron chi connectivity index (χ2n) is 6.71. The van der Waals surface area contributed by atoms with E-state index in [1.807, 2.05) is 19.9 Å². The van der Waals surface area contributed by atoms with Crippen molar-refractivity contribution in [2.75, 3.05) is 0 Å². The molecule has 0 radical (unpaired) electrons. The van der Waals surface area contributed by atoms with Crippen LogP contribution in [0.3, 0.4) is 0 Å². The molecule has 0 aliphatic heterocycles. The Hall–Kier alpha value is -2.15. The summed E-state index contributed by atoms with van der Waals surface area (Å²) in [6, 6.07) is 1.96. The first kappa shape index (κ1) is 17.7. The van der Waals surface area contributed by atoms with E-state index in [1.165, 1.54) is 28.2 Å². The van der Waals surface area contributed by atoms with Gasteiger partial charge < -0.3 is 4.52 Å². The lowest BCUT2D eigenvalue weighted by Gasteiger charge is -2.16. The number of nitrogens with one attached hydrogen (secondary N) is 2. The average molecular weight is 361 g/mol. The second kappa shape index (κ2) is 7.39. The van der Waals surface area contributed by atoms with Crippen LogP contribution in [0.25, 0.3) is 0 Å². The monoisotopic (exact) mass is 361 g/mol. The third-order valence-corrected chi connectivity index (χ3v) is 5.89. The minimum Gasteiger partial charge on any atom is -0.361 e. The van der Waals surface area contributed by atoms with Gasteiger partial charge in [-0.1, -0.05) is 12.1 Å². The summed E-state index contributed by atoms with van der Waals surface area (Å²) in [7, 11) is 0. The normalized spacial score (nSPS) is 16.4. The molecule has 3 rings (SSSR count). The zero-order valence-corrected chi connectivity index (χ0v) is 15.6. The van der Waals surface area contributed by atoms with E-state index in [2.05, 4.69) is 22.9 Å².